The van der Waals surface area contributed by atoms with E-state index >= 15 is 0 Å². The van der Waals surface area contributed by atoms with Crippen LogP contribution in [0.1, 0.15) is 72.5 Å². The number of hydrogen-bond acceptors (Lipinski definition) is 5. The lowest BCUT2D eigenvalue weighted by atomic mass is 9.91. The van der Waals surface area contributed by atoms with Crippen LogP contribution in [0.4, 0.5) is 5.69 Å². The standard InChI is InChI=1S/C24H30N4O4/c1-4-16-10-12-18(13-11-16)28-21(29)20-14-19(22(30)32-3)26-27(20)15-24(28,2)23(31)25-17-8-6-5-7-9-17/h10-14,17H,4-9,15H2,1-3H3,(H,25,31)/t24-/m1/s1. The van der Waals surface area contributed by atoms with Crippen molar-refractivity contribution in [3.05, 3.63) is 47.3 Å². The average Bonchev–Trinajstić information content (AvgIpc) is 3.23. The minimum Gasteiger partial charge on any atom is -0.464 e. The Morgan fingerprint density at radius 3 is 2.50 bits per heavy atom. The molecule has 1 aliphatic heterocycles. The Balaban J connectivity index is 1.74. The van der Waals surface area contributed by atoms with Gasteiger partial charge in [-0.15, -0.1) is 0 Å². The van der Waals surface area contributed by atoms with E-state index in [0.717, 1.165) is 37.7 Å². The first-order valence-corrected chi connectivity index (χ1v) is 11.3. The Hall–Kier alpha value is -3.16. The Kier molecular flexibility index (Phi) is 6.04. The van der Waals surface area contributed by atoms with E-state index in [2.05, 4.69) is 17.3 Å². The third-order valence-corrected chi connectivity index (χ3v) is 6.58. The maximum Gasteiger partial charge on any atom is 0.358 e. The molecule has 8 nitrogen and oxygen atoms in total. The van der Waals surface area contributed by atoms with Gasteiger partial charge >= 0.3 is 5.97 Å². The molecule has 2 heterocycles. The predicted octanol–water partition coefficient (Wildman–Crippen LogP) is 3.10. The fraction of sp³-hybridized carbons (Fsp3) is 0.500. The molecule has 1 fully saturated rings. The Morgan fingerprint density at radius 2 is 1.88 bits per heavy atom. The van der Waals surface area contributed by atoms with Crippen molar-refractivity contribution in [1.82, 2.24) is 15.1 Å². The lowest BCUT2D eigenvalue weighted by Gasteiger charge is -2.44. The number of aryl methyl sites for hydroxylation is 1. The number of anilines is 1. The number of nitrogens with zero attached hydrogens (tertiary/aromatic N) is 3. The molecule has 32 heavy (non-hydrogen) atoms. The van der Waals surface area contributed by atoms with Gasteiger partial charge in [-0.2, -0.15) is 5.10 Å². The van der Waals surface area contributed by atoms with E-state index in [9.17, 15) is 14.4 Å². The number of hydrogen-bond donors (Lipinski definition) is 1. The normalized spacial score (nSPS) is 21.2. The van der Waals surface area contributed by atoms with Crippen molar-refractivity contribution in [3.8, 4) is 0 Å². The van der Waals surface area contributed by atoms with Gasteiger partial charge in [0.1, 0.15) is 11.2 Å². The molecular weight excluding hydrogens is 408 g/mol. The van der Waals surface area contributed by atoms with E-state index < -0.39 is 11.5 Å². The molecule has 8 heteroatoms. The van der Waals surface area contributed by atoms with Gasteiger partial charge in [-0.1, -0.05) is 38.3 Å². The van der Waals surface area contributed by atoms with Crippen LogP contribution in [0, 0.1) is 0 Å². The molecule has 2 amide bonds. The van der Waals surface area contributed by atoms with Crippen molar-refractivity contribution in [1.29, 1.82) is 0 Å². The van der Waals surface area contributed by atoms with E-state index in [-0.39, 0.29) is 35.8 Å². The van der Waals surface area contributed by atoms with Crippen molar-refractivity contribution in [2.75, 3.05) is 12.0 Å². The number of carbonyl (C=O) groups is 3. The van der Waals surface area contributed by atoms with Crippen molar-refractivity contribution < 1.29 is 19.1 Å². The molecule has 1 atom stereocenters. The SMILES string of the molecule is CCc1ccc(N2C(=O)c3cc(C(=O)OC)nn3C[C@]2(C)C(=O)NC2CCCCC2)cc1. The molecule has 0 saturated heterocycles. The summed E-state index contributed by atoms with van der Waals surface area (Å²) in [6.45, 7) is 3.97. The molecular formula is C24H30N4O4. The highest BCUT2D eigenvalue weighted by Gasteiger charge is 2.49. The molecule has 2 aromatic rings. The first-order chi connectivity index (χ1) is 15.4. The lowest BCUT2D eigenvalue weighted by molar-refractivity contribution is -0.127. The van der Waals surface area contributed by atoms with Crippen LogP contribution >= 0.6 is 0 Å². The summed E-state index contributed by atoms with van der Waals surface area (Å²) in [5.41, 5.74) is 0.890. The quantitative estimate of drug-likeness (QED) is 0.724. The Morgan fingerprint density at radius 1 is 1.19 bits per heavy atom. The largest absolute Gasteiger partial charge is 0.464 e. The van der Waals surface area contributed by atoms with Crippen LogP contribution in [-0.2, 0) is 22.5 Å². The fourth-order valence-electron chi connectivity index (χ4n) is 4.66. The van der Waals surface area contributed by atoms with Crippen LogP contribution in [0.2, 0.25) is 0 Å². The van der Waals surface area contributed by atoms with Gasteiger partial charge in [-0.25, -0.2) is 4.79 Å². The highest BCUT2D eigenvalue weighted by Crippen LogP contribution is 2.33. The molecule has 0 radical (unpaired) electrons. The van der Waals surface area contributed by atoms with Gasteiger partial charge in [0.25, 0.3) is 5.91 Å². The molecule has 0 bridgehead atoms. The summed E-state index contributed by atoms with van der Waals surface area (Å²) >= 11 is 0. The molecule has 170 valence electrons. The van der Waals surface area contributed by atoms with Crippen LogP contribution in [0.25, 0.3) is 0 Å². The Bertz CT molecular complexity index is 1020. The molecule has 0 spiro atoms. The van der Waals surface area contributed by atoms with Crippen LogP contribution < -0.4 is 10.2 Å². The molecule has 2 aliphatic rings. The van der Waals surface area contributed by atoms with E-state index in [0.29, 0.717) is 5.69 Å². The number of esters is 1. The van der Waals surface area contributed by atoms with Crippen molar-refractivity contribution >= 4 is 23.5 Å². The van der Waals surface area contributed by atoms with Crippen molar-refractivity contribution in [2.24, 2.45) is 0 Å². The van der Waals surface area contributed by atoms with E-state index in [1.54, 1.807) is 11.8 Å². The summed E-state index contributed by atoms with van der Waals surface area (Å²) in [6.07, 6.45) is 6.14. The molecule has 0 unspecified atom stereocenters. The third kappa shape index (κ3) is 3.89. The second-order valence-electron chi connectivity index (χ2n) is 8.81. The highest BCUT2D eigenvalue weighted by molar-refractivity contribution is 6.12. The number of benzene rings is 1. The fourth-order valence-corrected chi connectivity index (χ4v) is 4.66. The minimum atomic E-state index is -1.20. The Labute approximate surface area is 187 Å². The van der Waals surface area contributed by atoms with Crippen molar-refractivity contribution in [3.63, 3.8) is 0 Å². The molecule has 1 saturated carbocycles. The van der Waals surface area contributed by atoms with Gasteiger partial charge in [0, 0.05) is 17.8 Å². The van der Waals surface area contributed by atoms with E-state index in [1.807, 2.05) is 24.3 Å². The van der Waals surface area contributed by atoms with Crippen LogP contribution in [0.15, 0.2) is 30.3 Å². The number of ether oxygens (including phenoxy) is 1. The van der Waals surface area contributed by atoms with Crippen LogP contribution in [0.5, 0.6) is 0 Å². The topological polar surface area (TPSA) is 93.5 Å². The monoisotopic (exact) mass is 438 g/mol. The maximum absolute atomic E-state index is 13.6. The van der Waals surface area contributed by atoms with E-state index in [1.165, 1.54) is 24.3 Å². The zero-order valence-corrected chi connectivity index (χ0v) is 18.9. The molecule has 1 aromatic carbocycles. The highest BCUT2D eigenvalue weighted by atomic mass is 16.5. The molecule has 1 aromatic heterocycles. The zero-order chi connectivity index (χ0) is 22.9. The summed E-state index contributed by atoms with van der Waals surface area (Å²) in [7, 11) is 1.27. The summed E-state index contributed by atoms with van der Waals surface area (Å²) < 4.78 is 6.22. The van der Waals surface area contributed by atoms with Crippen LogP contribution in [0.3, 0.4) is 0 Å². The predicted molar refractivity (Wildman–Crippen MR) is 120 cm³/mol. The summed E-state index contributed by atoms with van der Waals surface area (Å²) in [6, 6.07) is 9.21. The number of amides is 2. The van der Waals surface area contributed by atoms with Gasteiger partial charge in [-0.3, -0.25) is 19.2 Å². The van der Waals surface area contributed by atoms with Gasteiger partial charge < -0.3 is 10.1 Å². The number of aromatic nitrogens is 2. The summed E-state index contributed by atoms with van der Waals surface area (Å²) in [4.78, 5) is 40.8. The first-order valence-electron chi connectivity index (χ1n) is 11.3. The zero-order valence-electron chi connectivity index (χ0n) is 18.9. The van der Waals surface area contributed by atoms with Gasteiger partial charge in [0.15, 0.2) is 5.69 Å². The lowest BCUT2D eigenvalue weighted by Crippen LogP contribution is -2.65. The molecule has 1 aliphatic carbocycles. The number of methoxy groups -OCH3 is 1. The van der Waals surface area contributed by atoms with Crippen molar-refractivity contribution in [2.45, 2.75) is 70.5 Å². The molecule has 4 rings (SSSR count). The third-order valence-electron chi connectivity index (χ3n) is 6.58. The van der Waals surface area contributed by atoms with Gasteiger partial charge in [0.2, 0.25) is 5.91 Å². The van der Waals surface area contributed by atoms with Gasteiger partial charge in [-0.05, 0) is 43.9 Å². The maximum atomic E-state index is 13.6. The van der Waals surface area contributed by atoms with Gasteiger partial charge in [0.05, 0.1) is 13.7 Å². The smallest absolute Gasteiger partial charge is 0.358 e. The van der Waals surface area contributed by atoms with E-state index in [4.69, 9.17) is 4.74 Å². The van der Waals surface area contributed by atoms with Crippen LogP contribution in [-0.4, -0.2) is 46.3 Å². The molecule has 1 N–H and O–H groups in total. The summed E-state index contributed by atoms with van der Waals surface area (Å²) in [5, 5.41) is 7.44. The number of carbonyl (C=O) groups excluding carboxylic acids is 3. The summed E-state index contributed by atoms with van der Waals surface area (Å²) in [5.74, 6) is -1.20. The average molecular weight is 439 g/mol. The second kappa shape index (κ2) is 8.76. The first kappa shape index (κ1) is 22.0. The number of nitrogens with one attached hydrogen (secondary N) is 1. The second-order valence-corrected chi connectivity index (χ2v) is 8.81. The number of rotatable bonds is 5. The number of fused-ring (bicyclic) bond motifs is 1. The minimum absolute atomic E-state index is 0.0501.